The van der Waals surface area contributed by atoms with Crippen molar-refractivity contribution in [2.45, 2.75) is 18.8 Å². The summed E-state index contributed by atoms with van der Waals surface area (Å²) < 4.78 is 72.5. The van der Waals surface area contributed by atoms with E-state index in [1.54, 1.807) is 0 Å². The first-order valence-corrected chi connectivity index (χ1v) is 4.98. The molecule has 1 aromatic carbocycles. The van der Waals surface area contributed by atoms with Gasteiger partial charge < -0.3 is 5.32 Å². The predicted octanol–water partition coefficient (Wildman–Crippen LogP) is 3.95. The largest absolute Gasteiger partial charge is 0.471 e. The Morgan fingerprint density at radius 3 is 2.25 bits per heavy atom. The molecule has 0 heterocycles. The van der Waals surface area contributed by atoms with Crippen molar-refractivity contribution in [2.24, 2.45) is 5.11 Å². The maximum absolute atomic E-state index is 12.1. The van der Waals surface area contributed by atoms with Crippen molar-refractivity contribution in [2.75, 3.05) is 5.32 Å². The number of carbonyl (C=O) groups is 1. The van der Waals surface area contributed by atoms with E-state index in [0.29, 0.717) is 0 Å². The molecule has 0 aliphatic rings. The van der Waals surface area contributed by atoms with Gasteiger partial charge in [0.15, 0.2) is 0 Å². The zero-order valence-electron chi connectivity index (χ0n) is 9.56. The van der Waals surface area contributed by atoms with E-state index in [2.05, 4.69) is 5.11 Å². The highest BCUT2D eigenvalue weighted by atomic mass is 19.4. The van der Waals surface area contributed by atoms with Crippen molar-refractivity contribution in [3.05, 3.63) is 23.8 Å². The van der Waals surface area contributed by atoms with Crippen LogP contribution in [-0.4, -0.2) is 18.3 Å². The number of amides is 1. The molecule has 20 heavy (non-hydrogen) atoms. The summed E-state index contributed by atoms with van der Waals surface area (Å²) in [5.41, 5.74) is 5.45. The average Bonchev–Trinajstić information content (AvgIpc) is 2.27. The SMILES string of the molecule is N=Nc1cc(CC(F)(F)F)ccc1NC(=O)C(F)(F)F. The quantitative estimate of drug-likeness (QED) is 0.644. The minimum absolute atomic E-state index is 0.284. The molecule has 0 aliphatic carbocycles. The maximum atomic E-state index is 12.1. The number of alkyl halides is 6. The molecule has 0 saturated heterocycles. The second kappa shape index (κ2) is 5.47. The first-order valence-electron chi connectivity index (χ1n) is 4.98. The van der Waals surface area contributed by atoms with Gasteiger partial charge >= 0.3 is 18.3 Å². The van der Waals surface area contributed by atoms with Crippen LogP contribution in [0.1, 0.15) is 5.56 Å². The topological polar surface area (TPSA) is 65.3 Å². The van der Waals surface area contributed by atoms with Crippen LogP contribution in [0.2, 0.25) is 0 Å². The minimum Gasteiger partial charge on any atom is -0.316 e. The number of carbonyl (C=O) groups excluding carboxylic acids is 1. The van der Waals surface area contributed by atoms with Gasteiger partial charge in [0.2, 0.25) is 0 Å². The average molecular weight is 299 g/mol. The molecule has 0 atom stereocenters. The van der Waals surface area contributed by atoms with Crippen LogP contribution in [0, 0.1) is 5.53 Å². The van der Waals surface area contributed by atoms with E-state index in [4.69, 9.17) is 5.53 Å². The summed E-state index contributed by atoms with van der Waals surface area (Å²) in [7, 11) is 0. The van der Waals surface area contributed by atoms with E-state index >= 15 is 0 Å². The Morgan fingerprint density at radius 2 is 1.80 bits per heavy atom. The van der Waals surface area contributed by atoms with Gasteiger partial charge in [0, 0.05) is 0 Å². The normalized spacial score (nSPS) is 12.1. The summed E-state index contributed by atoms with van der Waals surface area (Å²) in [6, 6.07) is 2.51. The third kappa shape index (κ3) is 4.52. The number of halogens is 6. The third-order valence-corrected chi connectivity index (χ3v) is 2.09. The van der Waals surface area contributed by atoms with Gasteiger partial charge in [-0.3, -0.25) is 4.79 Å². The highest BCUT2D eigenvalue weighted by molar-refractivity contribution is 5.97. The molecular formula is C10H7F6N3O. The van der Waals surface area contributed by atoms with Gasteiger partial charge in [0.1, 0.15) is 5.69 Å². The Bertz CT molecular complexity index is 523. The number of nitrogens with one attached hydrogen (secondary N) is 2. The smallest absolute Gasteiger partial charge is 0.316 e. The Hall–Kier alpha value is -2.13. The summed E-state index contributed by atoms with van der Waals surface area (Å²) in [6.45, 7) is 0. The number of hydrogen-bond donors (Lipinski definition) is 2. The number of anilines is 1. The van der Waals surface area contributed by atoms with Crippen molar-refractivity contribution in [3.63, 3.8) is 0 Å². The van der Waals surface area contributed by atoms with E-state index in [1.165, 1.54) is 5.32 Å². The first kappa shape index (κ1) is 15.9. The van der Waals surface area contributed by atoms with Crippen LogP contribution in [0.3, 0.4) is 0 Å². The number of rotatable bonds is 3. The van der Waals surface area contributed by atoms with Crippen LogP contribution in [0.5, 0.6) is 0 Å². The van der Waals surface area contributed by atoms with Crippen LogP contribution in [0.4, 0.5) is 37.7 Å². The zero-order valence-corrected chi connectivity index (χ0v) is 9.56. The van der Waals surface area contributed by atoms with Gasteiger partial charge in [0.25, 0.3) is 0 Å². The third-order valence-electron chi connectivity index (χ3n) is 2.09. The molecule has 0 bridgehead atoms. The van der Waals surface area contributed by atoms with Gasteiger partial charge in [-0.15, -0.1) is 0 Å². The molecule has 0 saturated carbocycles. The molecule has 110 valence electrons. The number of hydrogen-bond acceptors (Lipinski definition) is 3. The van der Waals surface area contributed by atoms with Crippen LogP contribution in [0.15, 0.2) is 23.3 Å². The molecule has 1 aromatic rings. The summed E-state index contributed by atoms with van der Waals surface area (Å²) in [4.78, 5) is 10.7. The van der Waals surface area contributed by atoms with Crippen LogP contribution in [-0.2, 0) is 11.2 Å². The predicted molar refractivity (Wildman–Crippen MR) is 55.7 cm³/mol. The van der Waals surface area contributed by atoms with Crippen molar-refractivity contribution in [3.8, 4) is 0 Å². The maximum Gasteiger partial charge on any atom is 0.471 e. The Kier molecular flexibility index (Phi) is 4.36. The Labute approximate surface area is 108 Å². The van der Waals surface area contributed by atoms with Gasteiger partial charge in [-0.05, 0) is 17.7 Å². The van der Waals surface area contributed by atoms with E-state index in [1.807, 2.05) is 0 Å². The second-order valence-corrected chi connectivity index (χ2v) is 3.71. The van der Waals surface area contributed by atoms with E-state index in [-0.39, 0.29) is 5.56 Å². The van der Waals surface area contributed by atoms with Gasteiger partial charge in [-0.2, -0.15) is 31.5 Å². The fourth-order valence-electron chi connectivity index (χ4n) is 1.31. The van der Waals surface area contributed by atoms with Gasteiger partial charge in [-0.1, -0.05) is 6.07 Å². The summed E-state index contributed by atoms with van der Waals surface area (Å²) in [5, 5.41) is 4.23. The highest BCUT2D eigenvalue weighted by Gasteiger charge is 2.39. The van der Waals surface area contributed by atoms with Crippen LogP contribution in [0.25, 0.3) is 0 Å². The fourth-order valence-corrected chi connectivity index (χ4v) is 1.31. The zero-order chi connectivity index (χ0) is 15.6. The molecule has 0 spiro atoms. The molecule has 0 unspecified atom stereocenters. The molecule has 0 aliphatic heterocycles. The molecule has 0 aromatic heterocycles. The standard InChI is InChI=1S/C10H7F6N3O/c11-9(12,13)4-5-1-2-6(7(3-5)19-17)18-8(20)10(14,15)16/h1-3,17H,4H2,(H,18,20). The van der Waals surface area contributed by atoms with Crippen LogP contribution >= 0.6 is 0 Å². The van der Waals surface area contributed by atoms with Crippen LogP contribution < -0.4 is 5.32 Å². The first-order chi connectivity index (χ1) is 9.03. The molecule has 0 radical (unpaired) electrons. The number of benzene rings is 1. The van der Waals surface area contributed by atoms with E-state index in [0.717, 1.165) is 18.2 Å². The van der Waals surface area contributed by atoms with Gasteiger partial charge in [-0.25, -0.2) is 5.53 Å². The Morgan fingerprint density at radius 1 is 1.20 bits per heavy atom. The second-order valence-electron chi connectivity index (χ2n) is 3.71. The molecule has 1 rings (SSSR count). The molecule has 10 heteroatoms. The minimum atomic E-state index is -5.15. The van der Waals surface area contributed by atoms with Crippen molar-refractivity contribution in [1.29, 1.82) is 5.53 Å². The molecule has 2 N–H and O–H groups in total. The lowest BCUT2D eigenvalue weighted by Crippen LogP contribution is -2.29. The van der Waals surface area contributed by atoms with E-state index < -0.39 is 36.1 Å². The molecule has 4 nitrogen and oxygen atoms in total. The monoisotopic (exact) mass is 299 g/mol. The molecular weight excluding hydrogens is 292 g/mol. The number of nitrogens with zero attached hydrogens (tertiary/aromatic N) is 1. The van der Waals surface area contributed by atoms with Crippen molar-refractivity contribution < 1.29 is 31.1 Å². The summed E-state index contributed by atoms with van der Waals surface area (Å²) in [5.74, 6) is -2.30. The highest BCUT2D eigenvalue weighted by Crippen LogP contribution is 2.30. The lowest BCUT2D eigenvalue weighted by Gasteiger charge is -2.11. The fraction of sp³-hybridized carbons (Fsp3) is 0.300. The summed E-state index contributed by atoms with van der Waals surface area (Å²) >= 11 is 0. The van der Waals surface area contributed by atoms with Gasteiger partial charge in [0.05, 0.1) is 12.1 Å². The van der Waals surface area contributed by atoms with E-state index in [9.17, 15) is 31.1 Å². The van der Waals surface area contributed by atoms with Crippen molar-refractivity contribution >= 4 is 17.3 Å². The van der Waals surface area contributed by atoms with Crippen molar-refractivity contribution in [1.82, 2.24) is 0 Å². The molecule has 1 amide bonds. The lowest BCUT2D eigenvalue weighted by molar-refractivity contribution is -0.167. The Balaban J connectivity index is 3.00. The lowest BCUT2D eigenvalue weighted by atomic mass is 10.1. The molecule has 0 fully saturated rings. The summed E-state index contributed by atoms with van der Waals surface area (Å²) in [6.07, 6.45) is -11.0.